The fraction of sp³-hybridized carbons (Fsp3) is 0.571. The molecule has 19 heavy (non-hydrogen) atoms. The van der Waals surface area contributed by atoms with E-state index in [0.29, 0.717) is 0 Å². The van der Waals surface area contributed by atoms with Gasteiger partial charge in [0.2, 0.25) is 0 Å². The van der Waals surface area contributed by atoms with Crippen LogP contribution in [0.25, 0.3) is 0 Å². The molecule has 5 heteroatoms. The van der Waals surface area contributed by atoms with Crippen molar-refractivity contribution >= 4 is 0 Å². The van der Waals surface area contributed by atoms with Crippen LogP contribution in [0.1, 0.15) is 38.1 Å². The Hall–Kier alpha value is -1.62. The third-order valence-corrected chi connectivity index (χ3v) is 3.02. The molecule has 2 heterocycles. The molecule has 104 valence electrons. The van der Waals surface area contributed by atoms with Crippen LogP contribution in [0.2, 0.25) is 0 Å². The van der Waals surface area contributed by atoms with Gasteiger partial charge < -0.3 is 9.88 Å². The van der Waals surface area contributed by atoms with E-state index in [1.54, 1.807) is 6.33 Å². The Labute approximate surface area is 114 Å². The van der Waals surface area contributed by atoms with Crippen LogP contribution in [0.15, 0.2) is 24.8 Å². The molecule has 5 nitrogen and oxygen atoms in total. The molecular formula is C14H23N5. The van der Waals surface area contributed by atoms with E-state index < -0.39 is 0 Å². The lowest BCUT2D eigenvalue weighted by atomic mass is 10.3. The molecule has 2 rings (SSSR count). The zero-order valence-corrected chi connectivity index (χ0v) is 11.8. The molecule has 0 unspecified atom stereocenters. The van der Waals surface area contributed by atoms with Crippen molar-refractivity contribution < 1.29 is 0 Å². The summed E-state index contributed by atoms with van der Waals surface area (Å²) in [6.45, 7) is 8.05. The summed E-state index contributed by atoms with van der Waals surface area (Å²) in [5.74, 6) is 1.02. The van der Waals surface area contributed by atoms with Crippen LogP contribution in [0.4, 0.5) is 0 Å². The molecule has 0 spiro atoms. The van der Waals surface area contributed by atoms with E-state index in [1.807, 2.05) is 4.68 Å². The summed E-state index contributed by atoms with van der Waals surface area (Å²) in [5, 5.41) is 7.66. The number of aromatic nitrogens is 4. The second-order valence-corrected chi connectivity index (χ2v) is 4.77. The summed E-state index contributed by atoms with van der Waals surface area (Å²) in [6, 6.07) is 2.16. The van der Waals surface area contributed by atoms with Crippen LogP contribution in [0.5, 0.6) is 0 Å². The van der Waals surface area contributed by atoms with Crippen molar-refractivity contribution in [2.75, 3.05) is 6.54 Å². The molecule has 1 N–H and O–H groups in total. The molecule has 0 saturated carbocycles. The molecule has 0 aliphatic rings. The van der Waals surface area contributed by atoms with Gasteiger partial charge in [0.15, 0.2) is 0 Å². The first-order valence-electron chi connectivity index (χ1n) is 7.05. The Balaban J connectivity index is 1.93. The number of aryl methyl sites for hydroxylation is 1. The first-order valence-corrected chi connectivity index (χ1v) is 7.05. The van der Waals surface area contributed by atoms with Crippen molar-refractivity contribution in [3.63, 3.8) is 0 Å². The molecule has 0 radical (unpaired) electrons. The largest absolute Gasteiger partial charge is 0.346 e. The van der Waals surface area contributed by atoms with Crippen LogP contribution in [0, 0.1) is 0 Å². The average Bonchev–Trinajstić information content (AvgIpc) is 3.02. The van der Waals surface area contributed by atoms with Gasteiger partial charge in [0.25, 0.3) is 0 Å². The zero-order valence-electron chi connectivity index (χ0n) is 11.8. The maximum Gasteiger partial charge on any atom is 0.146 e. The summed E-state index contributed by atoms with van der Waals surface area (Å²) < 4.78 is 4.15. The minimum atomic E-state index is 0.785. The molecule has 2 aromatic heterocycles. The Morgan fingerprint density at radius 1 is 1.26 bits per heavy atom. The van der Waals surface area contributed by atoms with E-state index in [2.05, 4.69) is 52.3 Å². The van der Waals surface area contributed by atoms with E-state index in [4.69, 9.17) is 0 Å². The predicted octanol–water partition coefficient (Wildman–Crippen LogP) is 2.04. The zero-order chi connectivity index (χ0) is 13.5. The van der Waals surface area contributed by atoms with Crippen molar-refractivity contribution in [1.82, 2.24) is 24.6 Å². The Morgan fingerprint density at radius 2 is 2.16 bits per heavy atom. The first-order chi connectivity index (χ1) is 9.33. The SMILES string of the molecule is CCCNCc1ccn(Cc2ncnn2CCC)c1. The molecule has 0 atom stereocenters. The fourth-order valence-electron chi connectivity index (χ4n) is 2.08. The maximum atomic E-state index is 4.33. The predicted molar refractivity (Wildman–Crippen MR) is 75.8 cm³/mol. The van der Waals surface area contributed by atoms with Crippen molar-refractivity contribution in [1.29, 1.82) is 0 Å². The number of rotatable bonds is 8. The highest BCUT2D eigenvalue weighted by Crippen LogP contribution is 2.05. The standard InChI is InChI=1S/C14H23N5/c1-3-6-15-9-13-5-8-18(10-13)11-14-16-12-17-19(14)7-4-2/h5,8,10,12,15H,3-4,6-7,9,11H2,1-2H3. The molecule has 2 aromatic rings. The van der Waals surface area contributed by atoms with Gasteiger partial charge in [-0.15, -0.1) is 0 Å². The third kappa shape index (κ3) is 3.92. The molecule has 0 aromatic carbocycles. The highest BCUT2D eigenvalue weighted by atomic mass is 15.3. The van der Waals surface area contributed by atoms with Crippen molar-refractivity contribution in [2.24, 2.45) is 0 Å². The van der Waals surface area contributed by atoms with Crippen LogP contribution < -0.4 is 5.32 Å². The number of nitrogens with one attached hydrogen (secondary N) is 1. The molecular weight excluding hydrogens is 238 g/mol. The van der Waals surface area contributed by atoms with E-state index in [0.717, 1.165) is 38.4 Å². The van der Waals surface area contributed by atoms with Gasteiger partial charge in [0, 0.05) is 25.5 Å². The van der Waals surface area contributed by atoms with Crippen molar-refractivity contribution in [3.8, 4) is 0 Å². The van der Waals surface area contributed by atoms with Gasteiger partial charge in [-0.05, 0) is 31.0 Å². The topological polar surface area (TPSA) is 47.7 Å². The molecule has 0 amide bonds. The van der Waals surface area contributed by atoms with Gasteiger partial charge in [0.1, 0.15) is 12.2 Å². The normalized spacial score (nSPS) is 11.1. The van der Waals surface area contributed by atoms with Crippen LogP contribution in [-0.2, 0) is 19.6 Å². The Bertz CT molecular complexity index is 485. The molecule has 0 bridgehead atoms. The molecule has 0 aliphatic carbocycles. The second kappa shape index (κ2) is 7.09. The highest BCUT2D eigenvalue weighted by molar-refractivity contribution is 5.10. The molecule has 0 saturated heterocycles. The lowest BCUT2D eigenvalue weighted by Gasteiger charge is -2.05. The Kier molecular flexibility index (Phi) is 5.15. The number of nitrogens with zero attached hydrogens (tertiary/aromatic N) is 4. The maximum absolute atomic E-state index is 4.33. The lowest BCUT2D eigenvalue weighted by molar-refractivity contribution is 0.554. The number of hydrogen-bond acceptors (Lipinski definition) is 3. The lowest BCUT2D eigenvalue weighted by Crippen LogP contribution is -2.13. The second-order valence-electron chi connectivity index (χ2n) is 4.77. The van der Waals surface area contributed by atoms with E-state index in [1.165, 1.54) is 12.0 Å². The van der Waals surface area contributed by atoms with Gasteiger partial charge >= 0.3 is 0 Å². The summed E-state index contributed by atoms with van der Waals surface area (Å²) in [7, 11) is 0. The van der Waals surface area contributed by atoms with Gasteiger partial charge in [-0.2, -0.15) is 5.10 Å². The van der Waals surface area contributed by atoms with Gasteiger partial charge in [-0.1, -0.05) is 13.8 Å². The molecule has 0 aliphatic heterocycles. The fourth-order valence-corrected chi connectivity index (χ4v) is 2.08. The highest BCUT2D eigenvalue weighted by Gasteiger charge is 2.04. The quantitative estimate of drug-likeness (QED) is 0.740. The number of hydrogen-bond donors (Lipinski definition) is 1. The van der Waals surface area contributed by atoms with E-state index >= 15 is 0 Å². The summed E-state index contributed by atoms with van der Waals surface area (Å²) in [4.78, 5) is 4.33. The summed E-state index contributed by atoms with van der Waals surface area (Å²) >= 11 is 0. The average molecular weight is 261 g/mol. The minimum Gasteiger partial charge on any atom is -0.346 e. The first kappa shape index (κ1) is 13.8. The molecule has 0 fully saturated rings. The smallest absolute Gasteiger partial charge is 0.146 e. The minimum absolute atomic E-state index is 0.785. The van der Waals surface area contributed by atoms with Gasteiger partial charge in [0.05, 0.1) is 6.54 Å². The van der Waals surface area contributed by atoms with Crippen LogP contribution in [0.3, 0.4) is 0 Å². The van der Waals surface area contributed by atoms with E-state index in [9.17, 15) is 0 Å². The Morgan fingerprint density at radius 3 is 2.95 bits per heavy atom. The monoisotopic (exact) mass is 261 g/mol. The summed E-state index contributed by atoms with van der Waals surface area (Å²) in [5.41, 5.74) is 1.31. The summed E-state index contributed by atoms with van der Waals surface area (Å²) in [6.07, 6.45) is 8.16. The van der Waals surface area contributed by atoms with Crippen LogP contribution >= 0.6 is 0 Å². The van der Waals surface area contributed by atoms with Gasteiger partial charge in [-0.3, -0.25) is 0 Å². The van der Waals surface area contributed by atoms with Crippen molar-refractivity contribution in [3.05, 3.63) is 36.2 Å². The van der Waals surface area contributed by atoms with Crippen molar-refractivity contribution in [2.45, 2.75) is 46.3 Å². The van der Waals surface area contributed by atoms with Crippen LogP contribution in [-0.4, -0.2) is 25.9 Å². The van der Waals surface area contributed by atoms with E-state index in [-0.39, 0.29) is 0 Å². The third-order valence-electron chi connectivity index (χ3n) is 3.02. The van der Waals surface area contributed by atoms with Gasteiger partial charge in [-0.25, -0.2) is 9.67 Å².